The summed E-state index contributed by atoms with van der Waals surface area (Å²) >= 11 is 0. The molecule has 31 heavy (non-hydrogen) atoms. The van der Waals surface area contributed by atoms with Crippen LogP contribution in [-0.4, -0.2) is 72.0 Å². The summed E-state index contributed by atoms with van der Waals surface area (Å²) in [7, 11) is 3.25. The van der Waals surface area contributed by atoms with Crippen molar-refractivity contribution in [2.45, 2.75) is 39.8 Å². The average molecular weight is 443 g/mol. The largest absolute Gasteiger partial charge is 0.496 e. The topological polar surface area (TPSA) is 96.5 Å². The second-order valence-electron chi connectivity index (χ2n) is 7.57. The first kappa shape index (κ1) is 26.8. The Balaban J connectivity index is 2.16. The minimum atomic E-state index is -0.504. The third kappa shape index (κ3) is 11.7. The summed E-state index contributed by atoms with van der Waals surface area (Å²) in [6.45, 7) is 11.5. The van der Waals surface area contributed by atoms with E-state index in [1.165, 1.54) is 0 Å². The molecule has 1 rings (SSSR count). The molecule has 0 heterocycles. The van der Waals surface area contributed by atoms with Gasteiger partial charge >= 0.3 is 6.09 Å². The predicted molar refractivity (Wildman–Crippen MR) is 118 cm³/mol. The molecule has 0 atom stereocenters. The Morgan fingerprint density at radius 3 is 2.03 bits per heavy atom. The Kier molecular flexibility index (Phi) is 12.7. The van der Waals surface area contributed by atoms with Crippen molar-refractivity contribution in [3.63, 3.8) is 0 Å². The van der Waals surface area contributed by atoms with E-state index in [1.807, 2.05) is 39.8 Å². The van der Waals surface area contributed by atoms with Crippen molar-refractivity contribution >= 4 is 6.09 Å². The molecule has 0 aliphatic rings. The Labute approximate surface area is 185 Å². The maximum Gasteiger partial charge on any atom is 0.407 e. The van der Waals surface area contributed by atoms with Crippen molar-refractivity contribution in [3.05, 3.63) is 17.7 Å². The van der Waals surface area contributed by atoms with E-state index in [0.29, 0.717) is 69.9 Å². The van der Waals surface area contributed by atoms with Gasteiger partial charge in [-0.15, -0.1) is 0 Å². The van der Waals surface area contributed by atoms with Crippen LogP contribution in [0.5, 0.6) is 17.2 Å². The monoisotopic (exact) mass is 442 g/mol. The fourth-order valence-corrected chi connectivity index (χ4v) is 2.60. The van der Waals surface area contributed by atoms with E-state index < -0.39 is 11.7 Å². The van der Waals surface area contributed by atoms with Crippen LogP contribution in [0.3, 0.4) is 0 Å². The first-order chi connectivity index (χ1) is 14.8. The van der Waals surface area contributed by atoms with Crippen LogP contribution in [0.1, 0.15) is 33.3 Å². The number of carbonyl (C=O) groups is 1. The van der Waals surface area contributed by atoms with Gasteiger partial charge in [0.1, 0.15) is 22.8 Å². The Morgan fingerprint density at radius 1 is 0.935 bits per heavy atom. The molecule has 9 nitrogen and oxygen atoms in total. The number of amides is 1. The minimum absolute atomic E-state index is 0.391. The molecule has 0 spiro atoms. The van der Waals surface area contributed by atoms with Gasteiger partial charge in [-0.25, -0.2) is 4.79 Å². The van der Waals surface area contributed by atoms with Gasteiger partial charge in [0.15, 0.2) is 0 Å². The van der Waals surface area contributed by atoms with E-state index in [9.17, 15) is 4.79 Å². The molecule has 2 N–H and O–H groups in total. The molecule has 1 aromatic rings. The molecular formula is C22H38N2O7. The summed E-state index contributed by atoms with van der Waals surface area (Å²) < 4.78 is 32.6. The Morgan fingerprint density at radius 2 is 1.52 bits per heavy atom. The van der Waals surface area contributed by atoms with E-state index in [4.69, 9.17) is 28.4 Å². The average Bonchev–Trinajstić information content (AvgIpc) is 2.71. The lowest BCUT2D eigenvalue weighted by Crippen LogP contribution is -2.34. The smallest absolute Gasteiger partial charge is 0.407 e. The Hall–Kier alpha value is -2.23. The van der Waals surface area contributed by atoms with E-state index in [1.54, 1.807) is 14.2 Å². The number of nitrogens with one attached hydrogen (secondary N) is 2. The quantitative estimate of drug-likeness (QED) is 0.400. The maximum absolute atomic E-state index is 11.5. The number of alkyl carbamates (subject to hydrolysis) is 1. The zero-order chi connectivity index (χ0) is 23.1. The number of rotatable bonds is 15. The van der Waals surface area contributed by atoms with E-state index in [2.05, 4.69) is 10.6 Å². The third-order valence-corrected chi connectivity index (χ3v) is 3.90. The Bertz CT molecular complexity index is 622. The van der Waals surface area contributed by atoms with Gasteiger partial charge in [-0.05, 0) is 27.7 Å². The van der Waals surface area contributed by atoms with Crippen molar-refractivity contribution in [1.29, 1.82) is 0 Å². The fourth-order valence-electron chi connectivity index (χ4n) is 2.60. The SMILES string of the molecule is CCOc1cc(OC)c(CNCCOCCOCCNC(=O)OC(C)(C)C)c(OC)c1. The molecule has 0 aromatic heterocycles. The number of methoxy groups -OCH3 is 2. The molecule has 0 bridgehead atoms. The lowest BCUT2D eigenvalue weighted by molar-refractivity contribution is 0.0403. The molecule has 0 aliphatic carbocycles. The summed E-state index contributed by atoms with van der Waals surface area (Å²) in [5.41, 5.74) is 0.421. The van der Waals surface area contributed by atoms with Crippen LogP contribution in [0.15, 0.2) is 12.1 Å². The zero-order valence-corrected chi connectivity index (χ0v) is 19.7. The zero-order valence-electron chi connectivity index (χ0n) is 19.7. The normalized spacial score (nSPS) is 11.2. The van der Waals surface area contributed by atoms with Gasteiger partial charge in [0, 0.05) is 31.8 Å². The summed E-state index contributed by atoms with van der Waals surface area (Å²) in [4.78, 5) is 11.5. The van der Waals surface area contributed by atoms with Crippen LogP contribution in [0.4, 0.5) is 4.79 Å². The third-order valence-electron chi connectivity index (χ3n) is 3.90. The summed E-state index contributed by atoms with van der Waals surface area (Å²) in [6, 6.07) is 3.71. The molecule has 0 radical (unpaired) electrons. The predicted octanol–water partition coefficient (Wildman–Crippen LogP) is 2.75. The van der Waals surface area contributed by atoms with Crippen LogP contribution >= 0.6 is 0 Å². The van der Waals surface area contributed by atoms with Crippen LogP contribution in [0.2, 0.25) is 0 Å². The maximum atomic E-state index is 11.5. The van der Waals surface area contributed by atoms with Crippen molar-refractivity contribution in [3.8, 4) is 17.2 Å². The molecule has 9 heteroatoms. The van der Waals surface area contributed by atoms with Gasteiger partial charge in [0.2, 0.25) is 0 Å². The minimum Gasteiger partial charge on any atom is -0.496 e. The second kappa shape index (κ2) is 14.7. The van der Waals surface area contributed by atoms with Crippen LogP contribution in [-0.2, 0) is 20.8 Å². The highest BCUT2D eigenvalue weighted by Gasteiger charge is 2.15. The lowest BCUT2D eigenvalue weighted by atomic mass is 10.1. The fraction of sp³-hybridized carbons (Fsp3) is 0.682. The van der Waals surface area contributed by atoms with Crippen LogP contribution in [0, 0.1) is 0 Å². The highest BCUT2D eigenvalue weighted by molar-refractivity contribution is 5.67. The van der Waals surface area contributed by atoms with Gasteiger partial charge in [0.25, 0.3) is 0 Å². The molecular weight excluding hydrogens is 404 g/mol. The number of ether oxygens (including phenoxy) is 6. The van der Waals surface area contributed by atoms with E-state index in [0.717, 1.165) is 5.56 Å². The second-order valence-corrected chi connectivity index (χ2v) is 7.57. The number of hydrogen-bond acceptors (Lipinski definition) is 8. The highest BCUT2D eigenvalue weighted by Crippen LogP contribution is 2.34. The molecule has 0 saturated carbocycles. The first-order valence-corrected chi connectivity index (χ1v) is 10.5. The van der Waals surface area contributed by atoms with Crippen molar-refractivity contribution < 1.29 is 33.2 Å². The summed E-state index contributed by atoms with van der Waals surface area (Å²) in [5.74, 6) is 2.14. The van der Waals surface area contributed by atoms with Gasteiger partial charge in [-0.2, -0.15) is 0 Å². The molecule has 0 saturated heterocycles. The highest BCUT2D eigenvalue weighted by atomic mass is 16.6. The molecule has 1 aromatic carbocycles. The van der Waals surface area contributed by atoms with Crippen LogP contribution < -0.4 is 24.8 Å². The van der Waals surface area contributed by atoms with Gasteiger partial charge in [0.05, 0.1) is 52.8 Å². The van der Waals surface area contributed by atoms with Crippen LogP contribution in [0.25, 0.3) is 0 Å². The van der Waals surface area contributed by atoms with Crippen molar-refractivity contribution in [1.82, 2.24) is 10.6 Å². The number of benzene rings is 1. The summed E-state index contributed by atoms with van der Waals surface area (Å²) in [5, 5.41) is 5.95. The summed E-state index contributed by atoms with van der Waals surface area (Å²) in [6.07, 6.45) is -0.445. The van der Waals surface area contributed by atoms with E-state index >= 15 is 0 Å². The first-order valence-electron chi connectivity index (χ1n) is 10.5. The molecule has 0 aliphatic heterocycles. The molecule has 0 unspecified atom stereocenters. The molecule has 1 amide bonds. The molecule has 0 fully saturated rings. The van der Waals surface area contributed by atoms with Gasteiger partial charge < -0.3 is 39.1 Å². The standard InChI is InChI=1S/C22H38N2O7/c1-7-30-17-14-19(26-5)18(20(15-17)27-6)16-23-8-10-28-12-13-29-11-9-24-21(25)31-22(2,3)4/h14-15,23H,7-13,16H2,1-6H3,(H,24,25). The molecule has 178 valence electrons. The number of hydrogen-bond donors (Lipinski definition) is 2. The van der Waals surface area contributed by atoms with Crippen molar-refractivity contribution in [2.75, 3.05) is 60.3 Å². The lowest BCUT2D eigenvalue weighted by Gasteiger charge is -2.19. The van der Waals surface area contributed by atoms with Gasteiger partial charge in [-0.3, -0.25) is 0 Å². The number of carbonyl (C=O) groups excluding carboxylic acids is 1. The van der Waals surface area contributed by atoms with Crippen molar-refractivity contribution in [2.24, 2.45) is 0 Å². The van der Waals surface area contributed by atoms with Gasteiger partial charge in [-0.1, -0.05) is 0 Å². The van der Waals surface area contributed by atoms with E-state index in [-0.39, 0.29) is 0 Å².